The Morgan fingerprint density at radius 2 is 2.14 bits per heavy atom. The second-order valence-corrected chi connectivity index (χ2v) is 8.74. The van der Waals surface area contributed by atoms with Crippen LogP contribution in [0.3, 0.4) is 0 Å². The van der Waals surface area contributed by atoms with Crippen molar-refractivity contribution in [2.45, 2.75) is 58.5 Å². The molecule has 1 saturated heterocycles. The number of rotatable bonds is 8. The zero-order valence-electron chi connectivity index (χ0n) is 17.5. The Morgan fingerprint density at radius 1 is 1.32 bits per heavy atom. The van der Waals surface area contributed by atoms with Crippen LogP contribution in [0.15, 0.2) is 29.6 Å². The van der Waals surface area contributed by atoms with Crippen molar-refractivity contribution in [3.8, 4) is 5.75 Å². The first-order valence-electron chi connectivity index (χ1n) is 10.2. The summed E-state index contributed by atoms with van der Waals surface area (Å²) in [6, 6.07) is 9.21. The van der Waals surface area contributed by atoms with E-state index in [-0.39, 0.29) is 5.91 Å². The predicted molar refractivity (Wildman–Crippen MR) is 116 cm³/mol. The van der Waals surface area contributed by atoms with Gasteiger partial charge < -0.3 is 10.1 Å². The fraction of sp³-hybridized carbons (Fsp3) is 0.522. The maximum absolute atomic E-state index is 12.1. The molecule has 0 radical (unpaired) electrons. The van der Waals surface area contributed by atoms with Gasteiger partial charge in [-0.25, -0.2) is 0 Å². The van der Waals surface area contributed by atoms with Gasteiger partial charge in [0, 0.05) is 23.5 Å². The van der Waals surface area contributed by atoms with Crippen molar-refractivity contribution in [1.29, 1.82) is 0 Å². The molecule has 0 spiro atoms. The van der Waals surface area contributed by atoms with Gasteiger partial charge in [0.2, 0.25) is 5.91 Å². The largest absolute Gasteiger partial charge is 0.496 e. The Morgan fingerprint density at radius 3 is 2.86 bits per heavy atom. The number of amides is 1. The highest BCUT2D eigenvalue weighted by atomic mass is 32.1. The van der Waals surface area contributed by atoms with Gasteiger partial charge in [-0.15, -0.1) is 11.3 Å². The van der Waals surface area contributed by atoms with Crippen LogP contribution in [0.1, 0.15) is 53.8 Å². The number of ether oxygens (including phenoxy) is 1. The third kappa shape index (κ3) is 4.76. The maximum atomic E-state index is 12.1. The summed E-state index contributed by atoms with van der Waals surface area (Å²) in [4.78, 5) is 15.9. The monoisotopic (exact) mass is 400 g/mol. The number of hydrogen-bond acceptors (Lipinski definition) is 4. The molecule has 2 unspecified atom stereocenters. The predicted octanol–water partition coefficient (Wildman–Crippen LogP) is 4.65. The average Bonchev–Trinajstić information content (AvgIpc) is 3.35. The summed E-state index contributed by atoms with van der Waals surface area (Å²) in [5.74, 6) is 1.08. The zero-order chi connectivity index (χ0) is 20.1. The van der Waals surface area contributed by atoms with Crippen LogP contribution in [0.4, 0.5) is 0 Å². The molecule has 5 heteroatoms. The number of likely N-dealkylation sites (tertiary alicyclic amines) is 1. The summed E-state index contributed by atoms with van der Waals surface area (Å²) in [6.07, 6.45) is 3.94. The molecule has 0 bridgehead atoms. The molecular weight excluding hydrogens is 368 g/mol. The van der Waals surface area contributed by atoms with Crippen LogP contribution >= 0.6 is 11.3 Å². The van der Waals surface area contributed by atoms with E-state index in [4.69, 9.17) is 4.74 Å². The van der Waals surface area contributed by atoms with Crippen LogP contribution in [0, 0.1) is 13.8 Å². The number of nitrogens with zero attached hydrogens (tertiary/aromatic N) is 1. The summed E-state index contributed by atoms with van der Waals surface area (Å²) in [5, 5.41) is 5.12. The van der Waals surface area contributed by atoms with Crippen molar-refractivity contribution in [1.82, 2.24) is 10.2 Å². The molecule has 1 aliphatic heterocycles. The molecule has 1 aliphatic rings. The number of methoxy groups -OCH3 is 1. The summed E-state index contributed by atoms with van der Waals surface area (Å²) in [6.45, 7) is 8.51. The molecule has 0 saturated carbocycles. The molecule has 2 atom stereocenters. The first-order valence-corrected chi connectivity index (χ1v) is 11.1. The van der Waals surface area contributed by atoms with Crippen LogP contribution in [0.25, 0.3) is 0 Å². The van der Waals surface area contributed by atoms with E-state index in [0.29, 0.717) is 18.5 Å². The molecule has 4 nitrogen and oxygen atoms in total. The Bertz CT molecular complexity index is 788. The number of carbonyl (C=O) groups is 1. The molecule has 1 N–H and O–H groups in total. The molecule has 1 aromatic carbocycles. The van der Waals surface area contributed by atoms with Gasteiger partial charge in [-0.2, -0.15) is 0 Å². The second kappa shape index (κ2) is 9.57. The van der Waals surface area contributed by atoms with Crippen molar-refractivity contribution >= 4 is 17.2 Å². The summed E-state index contributed by atoms with van der Waals surface area (Å²) in [7, 11) is 1.73. The van der Waals surface area contributed by atoms with E-state index in [1.807, 2.05) is 17.5 Å². The first-order chi connectivity index (χ1) is 13.5. The molecule has 3 rings (SSSR count). The van der Waals surface area contributed by atoms with Gasteiger partial charge in [0.15, 0.2) is 0 Å². The maximum Gasteiger partial charge on any atom is 0.225 e. The number of hydrogen-bond donors (Lipinski definition) is 1. The Labute approximate surface area is 172 Å². The van der Waals surface area contributed by atoms with Crippen LogP contribution in [-0.4, -0.2) is 37.0 Å². The highest BCUT2D eigenvalue weighted by molar-refractivity contribution is 7.10. The highest BCUT2D eigenvalue weighted by Crippen LogP contribution is 2.35. The summed E-state index contributed by atoms with van der Waals surface area (Å²) >= 11 is 1.64. The van der Waals surface area contributed by atoms with Crippen molar-refractivity contribution in [3.63, 3.8) is 0 Å². The topological polar surface area (TPSA) is 41.6 Å². The lowest BCUT2D eigenvalue weighted by Crippen LogP contribution is -2.36. The van der Waals surface area contributed by atoms with E-state index in [2.05, 4.69) is 43.1 Å². The fourth-order valence-corrected chi connectivity index (χ4v) is 5.06. The van der Waals surface area contributed by atoms with Crippen molar-refractivity contribution in [3.05, 3.63) is 51.2 Å². The Kier molecular flexibility index (Phi) is 7.13. The van der Waals surface area contributed by atoms with E-state index in [0.717, 1.165) is 30.1 Å². The van der Waals surface area contributed by atoms with Crippen LogP contribution in [0.2, 0.25) is 0 Å². The van der Waals surface area contributed by atoms with E-state index < -0.39 is 0 Å². The minimum atomic E-state index is 0.127. The number of carbonyl (C=O) groups excluding carboxylic acids is 1. The van der Waals surface area contributed by atoms with Crippen molar-refractivity contribution < 1.29 is 9.53 Å². The third-order valence-corrected chi connectivity index (χ3v) is 6.96. The minimum Gasteiger partial charge on any atom is -0.496 e. The molecule has 1 aromatic heterocycles. The number of benzene rings is 1. The third-order valence-electron chi connectivity index (χ3n) is 6.08. The van der Waals surface area contributed by atoms with Gasteiger partial charge in [0.1, 0.15) is 5.75 Å². The van der Waals surface area contributed by atoms with Crippen LogP contribution in [0.5, 0.6) is 5.75 Å². The standard InChI is InChI=1S/C23H32N2O2S/c1-16-17(2)22(27-4)10-9-21(16)18(3)25-13-5-7-19(25)11-12-24-23(26)15-20-8-6-14-28-20/h6,8-10,14,18-19H,5,7,11-13,15H2,1-4H3,(H,24,26). The second-order valence-electron chi connectivity index (χ2n) is 7.71. The van der Waals surface area contributed by atoms with Gasteiger partial charge >= 0.3 is 0 Å². The highest BCUT2D eigenvalue weighted by Gasteiger charge is 2.30. The molecule has 1 fully saturated rings. The Hall–Kier alpha value is -1.85. The van der Waals surface area contributed by atoms with Crippen LogP contribution < -0.4 is 10.1 Å². The molecular formula is C23H32N2O2S. The van der Waals surface area contributed by atoms with E-state index in [1.165, 1.54) is 29.5 Å². The van der Waals surface area contributed by atoms with Crippen molar-refractivity contribution in [2.24, 2.45) is 0 Å². The lowest BCUT2D eigenvalue weighted by molar-refractivity contribution is -0.120. The molecule has 0 aliphatic carbocycles. The van der Waals surface area contributed by atoms with Crippen LogP contribution in [-0.2, 0) is 11.2 Å². The van der Waals surface area contributed by atoms with Gasteiger partial charge in [-0.3, -0.25) is 9.69 Å². The van der Waals surface area contributed by atoms with Crippen molar-refractivity contribution in [2.75, 3.05) is 20.2 Å². The van der Waals surface area contributed by atoms with Gasteiger partial charge in [0.25, 0.3) is 0 Å². The van der Waals surface area contributed by atoms with E-state index >= 15 is 0 Å². The normalized spacial score (nSPS) is 18.2. The quantitative estimate of drug-likeness (QED) is 0.701. The first kappa shape index (κ1) is 20.9. The Balaban J connectivity index is 1.56. The molecule has 1 amide bonds. The van der Waals surface area contributed by atoms with Gasteiger partial charge in [-0.05, 0) is 80.8 Å². The summed E-state index contributed by atoms with van der Waals surface area (Å²) in [5.41, 5.74) is 3.93. The summed E-state index contributed by atoms with van der Waals surface area (Å²) < 4.78 is 5.47. The number of nitrogens with one attached hydrogen (secondary N) is 1. The van der Waals surface area contributed by atoms with Gasteiger partial charge in [0.05, 0.1) is 13.5 Å². The minimum absolute atomic E-state index is 0.127. The lowest BCUT2D eigenvalue weighted by Gasteiger charge is -2.32. The average molecular weight is 401 g/mol. The van der Waals surface area contributed by atoms with Gasteiger partial charge in [-0.1, -0.05) is 12.1 Å². The lowest BCUT2D eigenvalue weighted by atomic mass is 9.96. The molecule has 2 heterocycles. The zero-order valence-corrected chi connectivity index (χ0v) is 18.3. The molecule has 28 heavy (non-hydrogen) atoms. The number of thiophene rings is 1. The molecule has 152 valence electrons. The smallest absolute Gasteiger partial charge is 0.225 e. The fourth-order valence-electron chi connectivity index (χ4n) is 4.36. The van der Waals surface area contributed by atoms with E-state index in [9.17, 15) is 4.79 Å². The van der Waals surface area contributed by atoms with E-state index in [1.54, 1.807) is 18.4 Å². The SMILES string of the molecule is COc1ccc(C(C)N2CCCC2CCNC(=O)Cc2cccs2)c(C)c1C. The molecule has 2 aromatic rings.